The first-order valence-electron chi connectivity index (χ1n) is 6.01. The van der Waals surface area contributed by atoms with E-state index in [1.54, 1.807) is 21.0 Å². The van der Waals surface area contributed by atoms with Crippen molar-refractivity contribution >= 4 is 22.9 Å². The van der Waals surface area contributed by atoms with Crippen molar-refractivity contribution in [2.24, 2.45) is 0 Å². The number of carbonyl (C=O) groups excluding carboxylic acids is 1. The Balaban J connectivity index is 2.60. The summed E-state index contributed by atoms with van der Waals surface area (Å²) in [5, 5.41) is 8.93. The first-order valence-corrected chi connectivity index (χ1v) is 6.01. The van der Waals surface area contributed by atoms with E-state index < -0.39 is 17.7 Å². The molecule has 1 atom stereocenters. The largest absolute Gasteiger partial charge is 0.478 e. The molecule has 7 heteroatoms. The number of aromatic amines is 1. The Morgan fingerprint density at radius 3 is 2.55 bits per heavy atom. The van der Waals surface area contributed by atoms with E-state index in [-0.39, 0.29) is 11.5 Å². The average molecular weight is 277 g/mol. The van der Waals surface area contributed by atoms with Crippen molar-refractivity contribution < 1.29 is 14.7 Å². The number of carboxylic acids is 1. The summed E-state index contributed by atoms with van der Waals surface area (Å²) < 4.78 is 1.32. The van der Waals surface area contributed by atoms with Crippen LogP contribution in [-0.4, -0.2) is 45.5 Å². The van der Waals surface area contributed by atoms with Crippen LogP contribution in [-0.2, 0) is 4.79 Å². The Kier molecular flexibility index (Phi) is 3.35. The van der Waals surface area contributed by atoms with Gasteiger partial charge < -0.3 is 15.0 Å². The third kappa shape index (κ3) is 2.18. The molecule has 1 aromatic heterocycles. The van der Waals surface area contributed by atoms with Crippen LogP contribution in [0, 0.1) is 0 Å². The summed E-state index contributed by atoms with van der Waals surface area (Å²) in [6.07, 6.45) is 0. The Morgan fingerprint density at radius 2 is 2.00 bits per heavy atom. The van der Waals surface area contributed by atoms with E-state index in [9.17, 15) is 14.4 Å². The Hall–Kier alpha value is -2.57. The second-order valence-corrected chi connectivity index (χ2v) is 4.75. The Labute approximate surface area is 114 Å². The van der Waals surface area contributed by atoms with E-state index in [1.807, 2.05) is 0 Å². The zero-order chi connectivity index (χ0) is 15.0. The zero-order valence-electron chi connectivity index (χ0n) is 11.4. The Bertz CT molecular complexity index is 742. The monoisotopic (exact) mass is 277 g/mol. The normalized spacial score (nSPS) is 12.3. The van der Waals surface area contributed by atoms with Gasteiger partial charge in [0.25, 0.3) is 0 Å². The van der Waals surface area contributed by atoms with Crippen molar-refractivity contribution in [2.75, 3.05) is 14.1 Å². The van der Waals surface area contributed by atoms with Gasteiger partial charge in [0, 0.05) is 14.1 Å². The van der Waals surface area contributed by atoms with Crippen LogP contribution in [0.4, 0.5) is 0 Å². The van der Waals surface area contributed by atoms with Gasteiger partial charge in [-0.25, -0.2) is 9.59 Å². The number of nitrogens with one attached hydrogen (secondary N) is 1. The average Bonchev–Trinajstić information content (AvgIpc) is 2.71. The molecule has 7 nitrogen and oxygen atoms in total. The minimum atomic E-state index is -1.07. The van der Waals surface area contributed by atoms with E-state index in [0.29, 0.717) is 11.0 Å². The van der Waals surface area contributed by atoms with Gasteiger partial charge in [0.15, 0.2) is 0 Å². The number of carbonyl (C=O) groups is 2. The summed E-state index contributed by atoms with van der Waals surface area (Å²) >= 11 is 0. The fraction of sp³-hybridized carbons (Fsp3) is 0.308. The molecule has 0 aliphatic rings. The number of aromatic nitrogens is 2. The fourth-order valence-electron chi connectivity index (χ4n) is 2.13. The number of benzene rings is 1. The fourth-order valence-corrected chi connectivity index (χ4v) is 2.13. The first-order chi connectivity index (χ1) is 9.32. The molecule has 0 saturated heterocycles. The smallest absolute Gasteiger partial charge is 0.335 e. The van der Waals surface area contributed by atoms with Crippen molar-refractivity contribution in [1.82, 2.24) is 14.5 Å². The maximum atomic E-state index is 12.0. The number of fused-ring (bicyclic) bond motifs is 1. The highest BCUT2D eigenvalue weighted by molar-refractivity contribution is 5.92. The summed E-state index contributed by atoms with van der Waals surface area (Å²) in [5.74, 6) is -1.28. The molecule has 0 saturated carbocycles. The number of carboxylic acid groups (broad SMARTS) is 1. The van der Waals surface area contributed by atoms with Crippen molar-refractivity contribution in [1.29, 1.82) is 0 Å². The van der Waals surface area contributed by atoms with Crippen molar-refractivity contribution in [3.8, 4) is 0 Å². The third-order valence-corrected chi connectivity index (χ3v) is 3.15. The van der Waals surface area contributed by atoms with Gasteiger partial charge in [-0.3, -0.25) is 9.36 Å². The van der Waals surface area contributed by atoms with Crippen LogP contribution in [0.5, 0.6) is 0 Å². The molecule has 0 aliphatic carbocycles. The molecule has 2 N–H and O–H groups in total. The van der Waals surface area contributed by atoms with Gasteiger partial charge in [-0.1, -0.05) is 0 Å². The lowest BCUT2D eigenvalue weighted by Gasteiger charge is -2.17. The molecule has 0 radical (unpaired) electrons. The summed E-state index contributed by atoms with van der Waals surface area (Å²) in [5.41, 5.74) is 0.540. The summed E-state index contributed by atoms with van der Waals surface area (Å²) in [6, 6.07) is 3.64. The SMILES string of the molecule is CC(C(=O)N(C)C)n1c(=O)[nH]c2cc(C(=O)O)ccc21. The molecule has 0 bridgehead atoms. The maximum absolute atomic E-state index is 12.0. The van der Waals surface area contributed by atoms with Crippen LogP contribution in [0.25, 0.3) is 11.0 Å². The lowest BCUT2D eigenvalue weighted by atomic mass is 10.2. The van der Waals surface area contributed by atoms with Crippen LogP contribution >= 0.6 is 0 Å². The predicted octanol–water partition coefficient (Wildman–Crippen LogP) is 0.677. The molecule has 0 aliphatic heterocycles. The molecular formula is C13H15N3O4. The summed E-state index contributed by atoms with van der Waals surface area (Å²) in [4.78, 5) is 38.8. The minimum Gasteiger partial charge on any atom is -0.478 e. The van der Waals surface area contributed by atoms with E-state index in [2.05, 4.69) is 4.98 Å². The highest BCUT2D eigenvalue weighted by atomic mass is 16.4. The molecule has 20 heavy (non-hydrogen) atoms. The van der Waals surface area contributed by atoms with Crippen molar-refractivity contribution in [3.63, 3.8) is 0 Å². The molecule has 1 unspecified atom stereocenters. The molecule has 2 rings (SSSR count). The van der Waals surface area contributed by atoms with Crippen LogP contribution in [0.2, 0.25) is 0 Å². The van der Waals surface area contributed by atoms with Crippen molar-refractivity contribution in [3.05, 3.63) is 34.2 Å². The number of hydrogen-bond donors (Lipinski definition) is 2. The van der Waals surface area contributed by atoms with Gasteiger partial charge in [0.2, 0.25) is 5.91 Å². The number of hydrogen-bond acceptors (Lipinski definition) is 3. The number of imidazole rings is 1. The number of nitrogens with zero attached hydrogens (tertiary/aromatic N) is 2. The molecule has 2 aromatic rings. The van der Waals surface area contributed by atoms with Crippen LogP contribution in [0.3, 0.4) is 0 Å². The van der Waals surface area contributed by atoms with Crippen LogP contribution < -0.4 is 5.69 Å². The van der Waals surface area contributed by atoms with Gasteiger partial charge in [0.1, 0.15) is 6.04 Å². The molecular weight excluding hydrogens is 262 g/mol. The lowest BCUT2D eigenvalue weighted by Crippen LogP contribution is -2.34. The highest BCUT2D eigenvalue weighted by Crippen LogP contribution is 2.17. The Morgan fingerprint density at radius 1 is 1.35 bits per heavy atom. The van der Waals surface area contributed by atoms with E-state index in [4.69, 9.17) is 5.11 Å². The number of likely N-dealkylation sites (N-methyl/N-ethyl adjacent to an activating group) is 1. The molecule has 1 aromatic carbocycles. The quantitative estimate of drug-likeness (QED) is 0.862. The second-order valence-electron chi connectivity index (χ2n) is 4.75. The van der Waals surface area contributed by atoms with Gasteiger partial charge in [-0.05, 0) is 25.1 Å². The van der Waals surface area contributed by atoms with Gasteiger partial charge >= 0.3 is 11.7 Å². The lowest BCUT2D eigenvalue weighted by molar-refractivity contribution is -0.131. The number of amides is 1. The van der Waals surface area contributed by atoms with Crippen LogP contribution in [0.1, 0.15) is 23.3 Å². The van der Waals surface area contributed by atoms with Gasteiger partial charge in [-0.2, -0.15) is 0 Å². The third-order valence-electron chi connectivity index (χ3n) is 3.15. The number of aromatic carboxylic acids is 1. The first kappa shape index (κ1) is 13.9. The number of H-pyrrole nitrogens is 1. The van der Waals surface area contributed by atoms with Gasteiger partial charge in [-0.15, -0.1) is 0 Å². The highest BCUT2D eigenvalue weighted by Gasteiger charge is 2.21. The van der Waals surface area contributed by atoms with Crippen molar-refractivity contribution in [2.45, 2.75) is 13.0 Å². The standard InChI is InChI=1S/C13H15N3O4/c1-7(11(17)15(2)3)16-10-5-4-8(12(18)19)6-9(10)14-13(16)20/h4-7H,1-3H3,(H,14,20)(H,18,19). The topological polar surface area (TPSA) is 95.4 Å². The zero-order valence-corrected chi connectivity index (χ0v) is 11.4. The van der Waals surface area contributed by atoms with Gasteiger partial charge in [0.05, 0.1) is 16.6 Å². The second kappa shape index (κ2) is 4.84. The van der Waals surface area contributed by atoms with E-state index >= 15 is 0 Å². The maximum Gasteiger partial charge on any atom is 0.335 e. The molecule has 0 spiro atoms. The van der Waals surface area contributed by atoms with E-state index in [0.717, 1.165) is 0 Å². The molecule has 0 fully saturated rings. The summed E-state index contributed by atoms with van der Waals surface area (Å²) in [6.45, 7) is 1.63. The number of rotatable bonds is 3. The predicted molar refractivity (Wildman–Crippen MR) is 72.9 cm³/mol. The van der Waals surface area contributed by atoms with Crippen LogP contribution in [0.15, 0.2) is 23.0 Å². The molecule has 106 valence electrons. The molecule has 1 heterocycles. The van der Waals surface area contributed by atoms with E-state index in [1.165, 1.54) is 27.7 Å². The summed E-state index contributed by atoms with van der Waals surface area (Å²) in [7, 11) is 3.22. The molecule has 1 amide bonds. The minimum absolute atomic E-state index is 0.0810.